The van der Waals surface area contributed by atoms with E-state index in [0.717, 1.165) is 24.8 Å². The van der Waals surface area contributed by atoms with E-state index in [4.69, 9.17) is 10.5 Å². The highest BCUT2D eigenvalue weighted by molar-refractivity contribution is 5.94. The number of carbonyl (C=O) groups excluding carboxylic acids is 2. The zero-order valence-electron chi connectivity index (χ0n) is 14.6. The smallest absolute Gasteiger partial charge is 0.312 e. The molecular formula is C18H27N3O3. The van der Waals surface area contributed by atoms with Crippen molar-refractivity contribution in [3.63, 3.8) is 0 Å². The number of carbonyl (C=O) groups is 2. The fourth-order valence-corrected chi connectivity index (χ4v) is 3.68. The number of amides is 3. The van der Waals surface area contributed by atoms with Gasteiger partial charge in [0.25, 0.3) is 5.91 Å². The third kappa shape index (κ3) is 3.53. The van der Waals surface area contributed by atoms with Crippen LogP contribution < -0.4 is 16.4 Å². The maximum absolute atomic E-state index is 12.5. The molecule has 1 fully saturated rings. The van der Waals surface area contributed by atoms with E-state index < -0.39 is 6.03 Å². The van der Waals surface area contributed by atoms with Gasteiger partial charge in [-0.1, -0.05) is 26.0 Å². The molecule has 132 valence electrons. The molecule has 1 aromatic carbocycles. The van der Waals surface area contributed by atoms with Crippen LogP contribution in [-0.4, -0.2) is 31.2 Å². The van der Waals surface area contributed by atoms with Crippen molar-refractivity contribution < 1.29 is 14.3 Å². The maximum atomic E-state index is 12.5. The molecular weight excluding hydrogens is 306 g/mol. The van der Waals surface area contributed by atoms with Crippen molar-refractivity contribution in [1.82, 2.24) is 10.6 Å². The van der Waals surface area contributed by atoms with Gasteiger partial charge < -0.3 is 21.1 Å². The summed E-state index contributed by atoms with van der Waals surface area (Å²) in [7, 11) is 1.74. The first-order valence-electron chi connectivity index (χ1n) is 8.42. The molecule has 0 saturated heterocycles. The van der Waals surface area contributed by atoms with Gasteiger partial charge >= 0.3 is 6.03 Å². The lowest BCUT2D eigenvalue weighted by molar-refractivity contribution is -0.120. The van der Waals surface area contributed by atoms with Crippen LogP contribution in [0.25, 0.3) is 0 Å². The van der Waals surface area contributed by atoms with Crippen molar-refractivity contribution in [1.29, 1.82) is 0 Å². The fraction of sp³-hybridized carbons (Fsp3) is 0.556. The molecule has 2 rings (SSSR count). The summed E-state index contributed by atoms with van der Waals surface area (Å²) in [5.41, 5.74) is 6.57. The Labute approximate surface area is 143 Å². The van der Waals surface area contributed by atoms with Crippen LogP contribution in [0.3, 0.4) is 0 Å². The van der Waals surface area contributed by atoms with Gasteiger partial charge in [-0.15, -0.1) is 0 Å². The molecule has 1 saturated carbocycles. The van der Waals surface area contributed by atoms with Crippen molar-refractivity contribution in [2.45, 2.75) is 51.8 Å². The number of benzene rings is 1. The number of rotatable bonds is 7. The molecule has 3 amide bonds. The van der Waals surface area contributed by atoms with Crippen LogP contribution >= 0.6 is 0 Å². The molecule has 0 bridgehead atoms. The van der Waals surface area contributed by atoms with Crippen LogP contribution in [0, 0.1) is 5.41 Å². The summed E-state index contributed by atoms with van der Waals surface area (Å²) in [6, 6.07) is 6.73. The molecule has 4 N–H and O–H groups in total. The van der Waals surface area contributed by atoms with Crippen molar-refractivity contribution in [2.75, 3.05) is 7.11 Å². The molecule has 24 heavy (non-hydrogen) atoms. The first-order valence-corrected chi connectivity index (χ1v) is 8.42. The summed E-state index contributed by atoms with van der Waals surface area (Å²) in [6.45, 7) is 4.65. The molecule has 0 aliphatic heterocycles. The Morgan fingerprint density at radius 1 is 1.25 bits per heavy atom. The van der Waals surface area contributed by atoms with Gasteiger partial charge in [-0.25, -0.2) is 4.79 Å². The highest BCUT2D eigenvalue weighted by Crippen LogP contribution is 2.48. The lowest BCUT2D eigenvalue weighted by Gasteiger charge is -2.55. The molecule has 2 unspecified atom stereocenters. The Bertz CT molecular complexity index is 582. The number of ether oxygens (including phenoxy) is 1. The first-order chi connectivity index (χ1) is 11.5. The summed E-state index contributed by atoms with van der Waals surface area (Å²) >= 11 is 0. The summed E-state index contributed by atoms with van der Waals surface area (Å²) in [5, 5.41) is 5.67. The molecule has 6 nitrogen and oxygen atoms in total. The first kappa shape index (κ1) is 18.3. The second kappa shape index (κ2) is 7.66. The average Bonchev–Trinajstić information content (AvgIpc) is 2.58. The normalized spacial score (nSPS) is 21.6. The second-order valence-corrected chi connectivity index (χ2v) is 6.34. The highest BCUT2D eigenvalue weighted by atomic mass is 16.5. The summed E-state index contributed by atoms with van der Waals surface area (Å²) in [6.07, 6.45) is 3.01. The van der Waals surface area contributed by atoms with Crippen molar-refractivity contribution in [3.05, 3.63) is 35.4 Å². The maximum Gasteiger partial charge on any atom is 0.312 e. The zero-order chi connectivity index (χ0) is 17.7. The molecule has 0 spiro atoms. The van der Waals surface area contributed by atoms with Crippen molar-refractivity contribution in [3.8, 4) is 0 Å². The predicted octanol–water partition coefficient (Wildman–Crippen LogP) is 2.18. The third-order valence-corrected chi connectivity index (χ3v) is 5.37. The number of hydrogen-bond donors (Lipinski definition) is 3. The topological polar surface area (TPSA) is 93.5 Å². The van der Waals surface area contributed by atoms with Gasteiger partial charge in [0.2, 0.25) is 0 Å². The van der Waals surface area contributed by atoms with E-state index in [9.17, 15) is 9.59 Å². The Balaban J connectivity index is 1.98. The third-order valence-electron chi connectivity index (χ3n) is 5.37. The Morgan fingerprint density at radius 3 is 2.38 bits per heavy atom. The van der Waals surface area contributed by atoms with Gasteiger partial charge in [-0.2, -0.15) is 0 Å². The van der Waals surface area contributed by atoms with Crippen LogP contribution in [0.4, 0.5) is 4.79 Å². The number of primary amides is 1. The molecule has 2 atom stereocenters. The van der Waals surface area contributed by atoms with Crippen LogP contribution in [0.5, 0.6) is 0 Å². The summed E-state index contributed by atoms with van der Waals surface area (Å²) in [4.78, 5) is 23.2. The Hall–Kier alpha value is -2.08. The number of urea groups is 1. The Kier molecular flexibility index (Phi) is 5.83. The lowest BCUT2D eigenvalue weighted by Crippen LogP contribution is -2.64. The summed E-state index contributed by atoms with van der Waals surface area (Å²) < 4.78 is 5.57. The van der Waals surface area contributed by atoms with E-state index in [1.807, 2.05) is 12.1 Å². The number of nitrogens with one attached hydrogen (secondary N) is 2. The second-order valence-electron chi connectivity index (χ2n) is 6.34. The average molecular weight is 333 g/mol. The minimum absolute atomic E-state index is 0.0236. The number of nitrogens with two attached hydrogens (primary N) is 1. The number of hydrogen-bond acceptors (Lipinski definition) is 3. The molecule has 0 heterocycles. The SMILES string of the molecule is CCC1(CC)C(NC(=O)c2ccc(CNC(N)=O)cc2)CC1OC. The monoisotopic (exact) mass is 333 g/mol. The van der Waals surface area contributed by atoms with Crippen LogP contribution in [0.2, 0.25) is 0 Å². The Morgan fingerprint density at radius 2 is 1.88 bits per heavy atom. The molecule has 0 radical (unpaired) electrons. The molecule has 0 aromatic heterocycles. The molecule has 1 aliphatic rings. The van der Waals surface area contributed by atoms with Crippen molar-refractivity contribution in [2.24, 2.45) is 11.1 Å². The minimum Gasteiger partial charge on any atom is -0.381 e. The quantitative estimate of drug-likeness (QED) is 0.714. The zero-order valence-corrected chi connectivity index (χ0v) is 14.6. The van der Waals surface area contributed by atoms with E-state index in [1.165, 1.54) is 0 Å². The number of methoxy groups -OCH3 is 1. The van der Waals surface area contributed by atoms with E-state index in [-0.39, 0.29) is 23.5 Å². The largest absolute Gasteiger partial charge is 0.381 e. The summed E-state index contributed by atoms with van der Waals surface area (Å²) in [5.74, 6) is -0.0739. The standard InChI is InChI=1S/C18H27N3O3/c1-4-18(5-2)14(10-15(18)24-3)21-16(22)13-8-6-12(7-9-13)11-20-17(19)23/h6-9,14-15H,4-5,10-11H2,1-3H3,(H,21,22)(H3,19,20,23). The van der Waals surface area contributed by atoms with Gasteiger partial charge in [0.05, 0.1) is 6.10 Å². The van der Waals surface area contributed by atoms with E-state index in [1.54, 1.807) is 19.2 Å². The molecule has 1 aromatic rings. The van der Waals surface area contributed by atoms with Gasteiger partial charge in [0, 0.05) is 30.7 Å². The van der Waals surface area contributed by atoms with Gasteiger partial charge in [-0.05, 0) is 37.0 Å². The minimum atomic E-state index is -0.565. The van der Waals surface area contributed by atoms with Crippen LogP contribution in [0.1, 0.15) is 49.0 Å². The van der Waals surface area contributed by atoms with E-state index in [0.29, 0.717) is 12.1 Å². The van der Waals surface area contributed by atoms with E-state index >= 15 is 0 Å². The molecule has 1 aliphatic carbocycles. The van der Waals surface area contributed by atoms with Gasteiger partial charge in [-0.3, -0.25) is 4.79 Å². The fourth-order valence-electron chi connectivity index (χ4n) is 3.68. The van der Waals surface area contributed by atoms with E-state index in [2.05, 4.69) is 24.5 Å². The van der Waals surface area contributed by atoms with Gasteiger partial charge in [0.15, 0.2) is 0 Å². The van der Waals surface area contributed by atoms with Gasteiger partial charge in [0.1, 0.15) is 0 Å². The molecule has 6 heteroatoms. The predicted molar refractivity (Wildman–Crippen MR) is 92.5 cm³/mol. The van der Waals surface area contributed by atoms with Crippen molar-refractivity contribution >= 4 is 11.9 Å². The lowest BCUT2D eigenvalue weighted by atomic mass is 9.58. The highest BCUT2D eigenvalue weighted by Gasteiger charge is 2.53. The van der Waals surface area contributed by atoms with Crippen LogP contribution in [-0.2, 0) is 11.3 Å². The van der Waals surface area contributed by atoms with Crippen LogP contribution in [0.15, 0.2) is 24.3 Å².